The molecule has 1 atom stereocenters. The fraction of sp³-hybridized carbons (Fsp3) is 0.750. The number of hydrogen-bond acceptors (Lipinski definition) is 3. The molecule has 0 aliphatic rings. The largest absolute Gasteiger partial charge is 0.466 e. The third kappa shape index (κ3) is 2.14. The Hall–Kier alpha value is -0.280. The van der Waals surface area contributed by atoms with Crippen molar-refractivity contribution < 1.29 is 14.6 Å². The third-order valence-electron chi connectivity index (χ3n) is 0.558. The van der Waals surface area contributed by atoms with E-state index in [1.807, 2.05) is 0 Å². The molecule has 0 aliphatic carbocycles. The maximum Gasteiger partial charge on any atom is 0.353 e. The first-order chi connectivity index (χ1) is 3.48. The number of halogens is 1. The van der Waals surface area contributed by atoms with E-state index in [9.17, 15) is 4.79 Å². The molecule has 0 aromatic heterocycles. The van der Waals surface area contributed by atoms with Gasteiger partial charge < -0.3 is 9.84 Å². The standard InChI is InChI=1S/C4H7ClO3/c1-4(5,7)3(6)8-2/h7H,1-2H3. The van der Waals surface area contributed by atoms with Crippen LogP contribution in [0.2, 0.25) is 0 Å². The molecule has 0 spiro atoms. The summed E-state index contributed by atoms with van der Waals surface area (Å²) in [6.45, 7) is 1.14. The van der Waals surface area contributed by atoms with E-state index in [2.05, 4.69) is 4.74 Å². The predicted molar refractivity (Wildman–Crippen MR) is 28.5 cm³/mol. The van der Waals surface area contributed by atoms with Gasteiger partial charge in [-0.2, -0.15) is 0 Å². The van der Waals surface area contributed by atoms with Crippen LogP contribution in [-0.2, 0) is 9.53 Å². The number of methoxy groups -OCH3 is 1. The summed E-state index contributed by atoms with van der Waals surface area (Å²) in [6.07, 6.45) is 0. The first kappa shape index (κ1) is 7.72. The average Bonchev–Trinajstić information content (AvgIpc) is 1.62. The van der Waals surface area contributed by atoms with Crippen molar-refractivity contribution in [3.63, 3.8) is 0 Å². The van der Waals surface area contributed by atoms with E-state index in [0.717, 1.165) is 14.0 Å². The highest BCUT2D eigenvalue weighted by atomic mass is 35.5. The van der Waals surface area contributed by atoms with Gasteiger partial charge >= 0.3 is 5.97 Å². The average molecular weight is 139 g/mol. The van der Waals surface area contributed by atoms with Crippen LogP contribution in [0.3, 0.4) is 0 Å². The van der Waals surface area contributed by atoms with E-state index in [-0.39, 0.29) is 0 Å². The van der Waals surface area contributed by atoms with E-state index in [4.69, 9.17) is 16.7 Å². The lowest BCUT2D eigenvalue weighted by atomic mass is 10.4. The van der Waals surface area contributed by atoms with E-state index in [1.54, 1.807) is 0 Å². The zero-order chi connectivity index (χ0) is 6.78. The Morgan fingerprint density at radius 1 is 1.88 bits per heavy atom. The van der Waals surface area contributed by atoms with Gasteiger partial charge in [0.15, 0.2) is 0 Å². The maximum absolute atomic E-state index is 10.2. The minimum absolute atomic E-state index is 0.848. The topological polar surface area (TPSA) is 46.5 Å². The van der Waals surface area contributed by atoms with Gasteiger partial charge in [0.25, 0.3) is 0 Å². The van der Waals surface area contributed by atoms with Crippen LogP contribution in [0.5, 0.6) is 0 Å². The van der Waals surface area contributed by atoms with Gasteiger partial charge in [-0.3, -0.25) is 0 Å². The highest BCUT2D eigenvalue weighted by molar-refractivity contribution is 6.32. The van der Waals surface area contributed by atoms with Crippen LogP contribution < -0.4 is 0 Å². The summed E-state index contributed by atoms with van der Waals surface area (Å²) in [5, 5.41) is 6.70. The van der Waals surface area contributed by atoms with Gasteiger partial charge in [0.05, 0.1) is 7.11 Å². The Balaban J connectivity index is 3.82. The number of esters is 1. The first-order valence-corrected chi connectivity index (χ1v) is 2.36. The molecule has 0 saturated heterocycles. The lowest BCUT2D eigenvalue weighted by molar-refractivity contribution is -0.152. The Morgan fingerprint density at radius 2 is 2.25 bits per heavy atom. The van der Waals surface area contributed by atoms with E-state index in [1.165, 1.54) is 0 Å². The molecule has 0 aliphatic heterocycles. The summed E-state index contributed by atoms with van der Waals surface area (Å²) in [7, 11) is 1.15. The molecule has 48 valence electrons. The monoisotopic (exact) mass is 138 g/mol. The minimum atomic E-state index is -1.88. The molecule has 4 heteroatoms. The predicted octanol–water partition coefficient (Wildman–Crippen LogP) is 0.107. The second kappa shape index (κ2) is 2.33. The van der Waals surface area contributed by atoms with Gasteiger partial charge in [0.2, 0.25) is 5.06 Å². The van der Waals surface area contributed by atoms with Crippen molar-refractivity contribution in [2.24, 2.45) is 0 Å². The molecule has 0 bridgehead atoms. The molecule has 1 N–H and O–H groups in total. The molecule has 0 fully saturated rings. The first-order valence-electron chi connectivity index (χ1n) is 1.98. The molecular formula is C4H7ClO3. The summed E-state index contributed by atoms with van der Waals surface area (Å²) in [4.78, 5) is 10.2. The molecule has 0 radical (unpaired) electrons. The van der Waals surface area contributed by atoms with Crippen molar-refractivity contribution in [2.45, 2.75) is 12.0 Å². The molecule has 0 heterocycles. The van der Waals surface area contributed by atoms with E-state index >= 15 is 0 Å². The van der Waals surface area contributed by atoms with Crippen molar-refractivity contribution in [1.82, 2.24) is 0 Å². The molecule has 0 saturated carbocycles. The number of carbonyl (C=O) groups is 1. The van der Waals surface area contributed by atoms with Crippen molar-refractivity contribution in [3.8, 4) is 0 Å². The quantitative estimate of drug-likeness (QED) is 0.413. The van der Waals surface area contributed by atoms with Gasteiger partial charge in [-0.05, 0) is 6.92 Å². The normalized spacial score (nSPS) is 17.0. The molecule has 3 nitrogen and oxygen atoms in total. The van der Waals surface area contributed by atoms with Crippen molar-refractivity contribution in [2.75, 3.05) is 7.11 Å². The second-order valence-electron chi connectivity index (χ2n) is 1.44. The van der Waals surface area contributed by atoms with E-state index in [0.29, 0.717) is 0 Å². The second-order valence-corrected chi connectivity index (χ2v) is 2.18. The number of ether oxygens (including phenoxy) is 1. The lowest BCUT2D eigenvalue weighted by Gasteiger charge is -2.09. The van der Waals surface area contributed by atoms with Crippen LogP contribution in [0.1, 0.15) is 6.92 Å². The number of alkyl halides is 1. The zero-order valence-corrected chi connectivity index (χ0v) is 5.40. The number of rotatable bonds is 1. The van der Waals surface area contributed by atoms with Crippen molar-refractivity contribution in [1.29, 1.82) is 0 Å². The van der Waals surface area contributed by atoms with Crippen LogP contribution in [-0.4, -0.2) is 23.2 Å². The summed E-state index contributed by atoms with van der Waals surface area (Å²) in [6, 6.07) is 0. The third-order valence-corrected chi connectivity index (χ3v) is 0.712. The summed E-state index contributed by atoms with van der Waals surface area (Å²) in [5.41, 5.74) is 0. The van der Waals surface area contributed by atoms with Crippen LogP contribution >= 0.6 is 11.6 Å². The van der Waals surface area contributed by atoms with Crippen LogP contribution in [0.15, 0.2) is 0 Å². The molecule has 0 rings (SSSR count). The fourth-order valence-electron chi connectivity index (χ4n) is 0.186. The maximum atomic E-state index is 10.2. The minimum Gasteiger partial charge on any atom is -0.466 e. The number of hydrogen-bond donors (Lipinski definition) is 1. The van der Waals surface area contributed by atoms with Gasteiger partial charge in [-0.15, -0.1) is 0 Å². The molecule has 0 amide bonds. The Morgan fingerprint density at radius 3 is 2.25 bits per heavy atom. The highest BCUT2D eigenvalue weighted by Crippen LogP contribution is 2.09. The van der Waals surface area contributed by atoms with Gasteiger partial charge in [-0.1, -0.05) is 11.6 Å². The molecule has 0 aromatic rings. The molecular weight excluding hydrogens is 131 g/mol. The van der Waals surface area contributed by atoms with Gasteiger partial charge in [0.1, 0.15) is 0 Å². The van der Waals surface area contributed by atoms with Gasteiger partial charge in [0, 0.05) is 0 Å². The summed E-state index contributed by atoms with van der Waals surface area (Å²) >= 11 is 5.06. The SMILES string of the molecule is COC(=O)C(C)(O)Cl. The smallest absolute Gasteiger partial charge is 0.353 e. The van der Waals surface area contributed by atoms with Crippen LogP contribution in [0.4, 0.5) is 0 Å². The van der Waals surface area contributed by atoms with Crippen LogP contribution in [0, 0.1) is 0 Å². The van der Waals surface area contributed by atoms with Crippen molar-refractivity contribution >= 4 is 17.6 Å². The fourth-order valence-corrected chi connectivity index (χ4v) is 0.263. The molecule has 1 unspecified atom stereocenters. The Kier molecular flexibility index (Phi) is 2.25. The summed E-state index contributed by atoms with van der Waals surface area (Å²) in [5.74, 6) is -0.848. The highest BCUT2D eigenvalue weighted by Gasteiger charge is 2.27. The Bertz CT molecular complexity index is 93.9. The number of carbonyl (C=O) groups excluding carboxylic acids is 1. The molecule has 8 heavy (non-hydrogen) atoms. The van der Waals surface area contributed by atoms with Crippen LogP contribution in [0.25, 0.3) is 0 Å². The van der Waals surface area contributed by atoms with Crippen molar-refractivity contribution in [3.05, 3.63) is 0 Å². The van der Waals surface area contributed by atoms with E-state index < -0.39 is 11.0 Å². The summed E-state index contributed by atoms with van der Waals surface area (Å²) < 4.78 is 4.09. The number of aliphatic hydroxyl groups is 1. The zero-order valence-electron chi connectivity index (χ0n) is 4.64. The molecule has 0 aromatic carbocycles. The lowest BCUT2D eigenvalue weighted by Crippen LogP contribution is -2.29. The Labute approximate surface area is 52.2 Å². The van der Waals surface area contributed by atoms with Gasteiger partial charge in [-0.25, -0.2) is 4.79 Å².